The second kappa shape index (κ2) is 6.87. The van der Waals surface area contributed by atoms with Crippen molar-refractivity contribution in [2.24, 2.45) is 16.0 Å². The highest BCUT2D eigenvalue weighted by Crippen LogP contribution is 2.40. The van der Waals surface area contributed by atoms with Crippen LogP contribution in [0.4, 0.5) is 0 Å². The molecule has 0 radical (unpaired) electrons. The number of carbonyl (C=O) groups excluding carboxylic acids is 2. The summed E-state index contributed by atoms with van der Waals surface area (Å²) >= 11 is 0. The third-order valence-electron chi connectivity index (χ3n) is 3.58. The Labute approximate surface area is 126 Å². The number of carbonyl (C=O) groups is 2. The lowest BCUT2D eigenvalue weighted by molar-refractivity contribution is -0.154. The van der Waals surface area contributed by atoms with Gasteiger partial charge >= 0.3 is 11.9 Å². The molecule has 0 unspecified atom stereocenters. The molecule has 1 atom stereocenters. The number of esters is 1. The second-order valence-corrected chi connectivity index (χ2v) is 6.32. The predicted molar refractivity (Wildman–Crippen MR) is 80.7 cm³/mol. The molecule has 0 aromatic rings. The topological polar surface area (TPSA) is 65.0 Å². The van der Waals surface area contributed by atoms with Crippen LogP contribution in [-0.4, -0.2) is 24.3 Å². The van der Waals surface area contributed by atoms with Gasteiger partial charge in [0, 0.05) is 0 Å². The van der Waals surface area contributed by atoms with Crippen LogP contribution in [0.3, 0.4) is 0 Å². The van der Waals surface area contributed by atoms with Crippen molar-refractivity contribution in [3.8, 4) is 0 Å². The number of ether oxygens (including phenoxy) is 1. The van der Waals surface area contributed by atoms with Gasteiger partial charge in [-0.1, -0.05) is 11.2 Å². The minimum atomic E-state index is -0.823. The van der Waals surface area contributed by atoms with Gasteiger partial charge in [0.25, 0.3) is 0 Å². The van der Waals surface area contributed by atoms with E-state index in [1.54, 1.807) is 33.8 Å². The smallest absolute Gasteiger partial charge is 0.340 e. The van der Waals surface area contributed by atoms with E-state index in [1.165, 1.54) is 0 Å². The van der Waals surface area contributed by atoms with Gasteiger partial charge in [0.15, 0.2) is 0 Å². The van der Waals surface area contributed by atoms with Gasteiger partial charge in [-0.15, -0.1) is 6.58 Å². The summed E-state index contributed by atoms with van der Waals surface area (Å²) in [6, 6.07) is 0. The van der Waals surface area contributed by atoms with Crippen molar-refractivity contribution in [1.82, 2.24) is 0 Å². The maximum absolute atomic E-state index is 12.3. The van der Waals surface area contributed by atoms with Gasteiger partial charge in [-0.25, -0.2) is 4.79 Å². The molecule has 0 bridgehead atoms. The van der Waals surface area contributed by atoms with Crippen LogP contribution in [0.15, 0.2) is 17.8 Å². The first-order chi connectivity index (χ1) is 9.78. The van der Waals surface area contributed by atoms with E-state index in [-0.39, 0.29) is 5.97 Å². The number of nitrogens with zero attached hydrogens (tertiary/aromatic N) is 1. The first-order valence-electron chi connectivity index (χ1n) is 7.35. The van der Waals surface area contributed by atoms with Crippen LogP contribution in [0.1, 0.15) is 53.4 Å². The van der Waals surface area contributed by atoms with Crippen LogP contribution in [0.5, 0.6) is 0 Å². The fraction of sp³-hybridized carbons (Fsp3) is 0.688. The van der Waals surface area contributed by atoms with Crippen molar-refractivity contribution >= 4 is 17.7 Å². The van der Waals surface area contributed by atoms with Crippen molar-refractivity contribution < 1.29 is 19.2 Å². The molecule has 0 spiro atoms. The zero-order valence-electron chi connectivity index (χ0n) is 13.4. The third-order valence-corrected chi connectivity index (χ3v) is 3.58. The number of allylic oxidation sites excluding steroid dienone is 1. The summed E-state index contributed by atoms with van der Waals surface area (Å²) in [5.74, 6) is -0.730. The average Bonchev–Trinajstić information content (AvgIpc) is 2.79. The Bertz CT molecular complexity index is 448. The van der Waals surface area contributed by atoms with E-state index in [1.807, 2.05) is 0 Å². The summed E-state index contributed by atoms with van der Waals surface area (Å²) in [5.41, 5.74) is -0.873. The Morgan fingerprint density at radius 2 is 2.10 bits per heavy atom. The first-order valence-corrected chi connectivity index (χ1v) is 7.35. The van der Waals surface area contributed by atoms with Crippen LogP contribution in [0, 0.1) is 10.8 Å². The molecular weight excluding hydrogens is 270 g/mol. The van der Waals surface area contributed by atoms with Crippen molar-refractivity contribution in [2.45, 2.75) is 53.4 Å². The SMILES string of the molecule is C=CC[C@@]1(C(=O)OCC)CCC/C1=N\OC(=O)C(C)(C)C. The van der Waals surface area contributed by atoms with Gasteiger partial charge in [-0.05, 0) is 53.4 Å². The fourth-order valence-corrected chi connectivity index (χ4v) is 2.35. The highest BCUT2D eigenvalue weighted by atomic mass is 16.7. The van der Waals surface area contributed by atoms with Crippen molar-refractivity contribution in [1.29, 1.82) is 0 Å². The minimum Gasteiger partial charge on any atom is -0.465 e. The highest BCUT2D eigenvalue weighted by Gasteiger charge is 2.47. The number of hydrogen-bond acceptors (Lipinski definition) is 5. The standard InChI is InChI=1S/C16H25NO4/c1-6-10-16(14(19)20-7-2)11-8-9-12(16)17-21-13(18)15(3,4)5/h6H,1,7-11H2,2-5H3/b17-12+/t16-/m1/s1. The van der Waals surface area contributed by atoms with E-state index < -0.39 is 16.8 Å². The molecule has 0 aromatic heterocycles. The summed E-state index contributed by atoms with van der Waals surface area (Å²) in [6.07, 6.45) is 4.22. The number of rotatable bonds is 5. The van der Waals surface area contributed by atoms with Crippen LogP contribution in [0.25, 0.3) is 0 Å². The highest BCUT2D eigenvalue weighted by molar-refractivity contribution is 6.08. The van der Waals surface area contributed by atoms with Gasteiger partial charge in [0.1, 0.15) is 5.41 Å². The summed E-state index contributed by atoms with van der Waals surface area (Å²) in [7, 11) is 0. The first kappa shape index (κ1) is 17.4. The third kappa shape index (κ3) is 3.93. The quantitative estimate of drug-likeness (QED) is 0.338. The fourth-order valence-electron chi connectivity index (χ4n) is 2.35. The van der Waals surface area contributed by atoms with Crippen molar-refractivity contribution in [3.05, 3.63) is 12.7 Å². The minimum absolute atomic E-state index is 0.312. The molecule has 1 aliphatic carbocycles. The van der Waals surface area contributed by atoms with Gasteiger partial charge in [0.05, 0.1) is 17.7 Å². The van der Waals surface area contributed by atoms with Gasteiger partial charge < -0.3 is 9.57 Å². The molecule has 21 heavy (non-hydrogen) atoms. The molecule has 1 rings (SSSR count). The maximum atomic E-state index is 12.3. The monoisotopic (exact) mass is 295 g/mol. The zero-order valence-corrected chi connectivity index (χ0v) is 13.4. The molecule has 0 aliphatic heterocycles. The average molecular weight is 295 g/mol. The molecule has 0 aromatic carbocycles. The Morgan fingerprint density at radius 1 is 1.43 bits per heavy atom. The molecule has 118 valence electrons. The van der Waals surface area contributed by atoms with E-state index in [2.05, 4.69) is 11.7 Å². The van der Waals surface area contributed by atoms with Gasteiger partial charge in [0.2, 0.25) is 0 Å². The lowest BCUT2D eigenvalue weighted by Crippen LogP contribution is -2.37. The molecule has 1 fully saturated rings. The Kier molecular flexibility index (Phi) is 5.70. The normalized spacial score (nSPS) is 23.9. The number of hydrogen-bond donors (Lipinski definition) is 0. The molecular formula is C16H25NO4. The Hall–Kier alpha value is -1.65. The lowest BCUT2D eigenvalue weighted by atomic mass is 9.81. The van der Waals surface area contributed by atoms with Crippen LogP contribution in [-0.2, 0) is 19.2 Å². The van der Waals surface area contributed by atoms with E-state index in [0.29, 0.717) is 31.6 Å². The van der Waals surface area contributed by atoms with Crippen LogP contribution in [0.2, 0.25) is 0 Å². The van der Waals surface area contributed by atoms with Gasteiger partial charge in [-0.2, -0.15) is 0 Å². The Morgan fingerprint density at radius 3 is 2.62 bits per heavy atom. The molecule has 1 saturated carbocycles. The second-order valence-electron chi connectivity index (χ2n) is 6.32. The lowest BCUT2D eigenvalue weighted by Gasteiger charge is -2.25. The molecule has 0 N–H and O–H groups in total. The van der Waals surface area contributed by atoms with Crippen molar-refractivity contribution in [3.63, 3.8) is 0 Å². The van der Waals surface area contributed by atoms with Crippen LogP contribution < -0.4 is 0 Å². The van der Waals surface area contributed by atoms with Crippen LogP contribution >= 0.6 is 0 Å². The van der Waals surface area contributed by atoms with E-state index in [4.69, 9.17) is 9.57 Å². The largest absolute Gasteiger partial charge is 0.465 e. The zero-order chi connectivity index (χ0) is 16.1. The molecule has 0 heterocycles. The number of oxime groups is 1. The van der Waals surface area contributed by atoms with E-state index in [9.17, 15) is 9.59 Å². The maximum Gasteiger partial charge on any atom is 0.340 e. The summed E-state index contributed by atoms with van der Waals surface area (Å²) in [4.78, 5) is 29.2. The summed E-state index contributed by atoms with van der Waals surface area (Å²) in [6.45, 7) is 11.1. The molecule has 0 saturated heterocycles. The Balaban J connectivity index is 2.99. The summed E-state index contributed by atoms with van der Waals surface area (Å²) in [5, 5.41) is 3.98. The summed E-state index contributed by atoms with van der Waals surface area (Å²) < 4.78 is 5.18. The van der Waals surface area contributed by atoms with E-state index in [0.717, 1.165) is 6.42 Å². The van der Waals surface area contributed by atoms with Gasteiger partial charge in [-0.3, -0.25) is 4.79 Å². The molecule has 5 nitrogen and oxygen atoms in total. The van der Waals surface area contributed by atoms with Crippen molar-refractivity contribution in [2.75, 3.05) is 6.61 Å². The van der Waals surface area contributed by atoms with E-state index >= 15 is 0 Å². The predicted octanol–water partition coefficient (Wildman–Crippen LogP) is 3.24. The molecule has 0 amide bonds. The molecule has 5 heteroatoms. The molecule has 1 aliphatic rings.